The lowest BCUT2D eigenvalue weighted by atomic mass is 9.97. The molecule has 78 valence electrons. The summed E-state index contributed by atoms with van der Waals surface area (Å²) in [5.41, 5.74) is 6.20. The van der Waals surface area contributed by atoms with Crippen molar-refractivity contribution in [3.8, 4) is 11.1 Å². The summed E-state index contributed by atoms with van der Waals surface area (Å²) in [6, 6.07) is 12.0. The summed E-state index contributed by atoms with van der Waals surface area (Å²) < 4.78 is 0. The molecule has 0 atom stereocenters. The summed E-state index contributed by atoms with van der Waals surface area (Å²) in [5.74, 6) is 0.173. The lowest BCUT2D eigenvalue weighted by molar-refractivity contribution is 0.104. The average molecular weight is 208 g/mol. The van der Waals surface area contributed by atoms with Crippen LogP contribution in [-0.2, 0) is 0 Å². The Labute approximate surface area is 94.7 Å². The second-order valence-corrected chi connectivity index (χ2v) is 4.32. The predicted molar refractivity (Wildman–Crippen MR) is 64.8 cm³/mol. The van der Waals surface area contributed by atoms with Gasteiger partial charge in [0.15, 0.2) is 5.78 Å². The molecular formula is C15H12O. The maximum atomic E-state index is 12.3. The molecule has 3 rings (SSSR count). The summed E-state index contributed by atoms with van der Waals surface area (Å²) >= 11 is 0. The maximum absolute atomic E-state index is 12.3. The van der Waals surface area contributed by atoms with E-state index in [1.165, 1.54) is 5.56 Å². The highest BCUT2D eigenvalue weighted by atomic mass is 16.1. The van der Waals surface area contributed by atoms with E-state index in [4.69, 9.17) is 0 Å². The number of carbonyl (C=O) groups excluding carboxylic acids is 1. The Morgan fingerprint density at radius 1 is 0.750 bits per heavy atom. The Bertz CT molecular complexity index is 609. The fourth-order valence-electron chi connectivity index (χ4n) is 2.48. The van der Waals surface area contributed by atoms with Crippen LogP contribution in [0.1, 0.15) is 27.0 Å². The third kappa shape index (κ3) is 1.03. The topological polar surface area (TPSA) is 17.1 Å². The third-order valence-corrected chi connectivity index (χ3v) is 3.29. The van der Waals surface area contributed by atoms with Crippen molar-refractivity contribution in [3.05, 3.63) is 58.7 Å². The highest BCUT2D eigenvalue weighted by molar-refractivity contribution is 6.22. The summed E-state index contributed by atoms with van der Waals surface area (Å²) in [6.45, 7) is 4.07. The van der Waals surface area contributed by atoms with Gasteiger partial charge in [-0.15, -0.1) is 0 Å². The van der Waals surface area contributed by atoms with Crippen molar-refractivity contribution in [2.24, 2.45) is 0 Å². The minimum atomic E-state index is 0.173. The Hall–Kier alpha value is -1.89. The van der Waals surface area contributed by atoms with Gasteiger partial charge in [-0.05, 0) is 36.1 Å². The number of carbonyl (C=O) groups is 1. The molecule has 0 aliphatic heterocycles. The first-order valence-corrected chi connectivity index (χ1v) is 5.44. The Kier molecular flexibility index (Phi) is 1.78. The van der Waals surface area contributed by atoms with Gasteiger partial charge in [0.25, 0.3) is 0 Å². The van der Waals surface area contributed by atoms with Gasteiger partial charge in [-0.3, -0.25) is 4.79 Å². The van der Waals surface area contributed by atoms with Crippen LogP contribution >= 0.6 is 0 Å². The van der Waals surface area contributed by atoms with Crippen molar-refractivity contribution in [2.75, 3.05) is 0 Å². The van der Waals surface area contributed by atoms with E-state index in [1.54, 1.807) is 0 Å². The van der Waals surface area contributed by atoms with Crippen LogP contribution in [0.25, 0.3) is 11.1 Å². The fraction of sp³-hybridized carbons (Fsp3) is 0.133. The molecule has 0 radical (unpaired) electrons. The van der Waals surface area contributed by atoms with Gasteiger partial charge < -0.3 is 0 Å². The van der Waals surface area contributed by atoms with Crippen molar-refractivity contribution in [3.63, 3.8) is 0 Å². The molecule has 0 bridgehead atoms. The molecule has 2 aromatic carbocycles. The highest BCUT2D eigenvalue weighted by Gasteiger charge is 2.28. The normalized spacial score (nSPS) is 12.5. The smallest absolute Gasteiger partial charge is 0.194 e. The SMILES string of the molecule is Cc1ccc(C)c2c1C(=O)c1ccccc1-2. The van der Waals surface area contributed by atoms with E-state index in [9.17, 15) is 4.79 Å². The molecule has 0 unspecified atom stereocenters. The van der Waals surface area contributed by atoms with E-state index in [0.29, 0.717) is 0 Å². The summed E-state index contributed by atoms with van der Waals surface area (Å²) in [6.07, 6.45) is 0. The molecule has 2 aromatic rings. The van der Waals surface area contributed by atoms with Crippen LogP contribution in [-0.4, -0.2) is 5.78 Å². The van der Waals surface area contributed by atoms with Crippen LogP contribution in [0.2, 0.25) is 0 Å². The Morgan fingerprint density at radius 2 is 1.31 bits per heavy atom. The van der Waals surface area contributed by atoms with Crippen LogP contribution in [0.4, 0.5) is 0 Å². The predicted octanol–water partition coefficient (Wildman–Crippen LogP) is 3.51. The molecule has 0 N–H and O–H groups in total. The number of rotatable bonds is 0. The average Bonchev–Trinajstić information content (AvgIpc) is 2.60. The van der Waals surface area contributed by atoms with Crippen molar-refractivity contribution < 1.29 is 4.79 Å². The van der Waals surface area contributed by atoms with E-state index < -0.39 is 0 Å². The van der Waals surface area contributed by atoms with Crippen LogP contribution in [0.3, 0.4) is 0 Å². The van der Waals surface area contributed by atoms with Crippen molar-refractivity contribution in [1.82, 2.24) is 0 Å². The molecular weight excluding hydrogens is 196 g/mol. The summed E-state index contributed by atoms with van der Waals surface area (Å²) in [5, 5.41) is 0. The molecule has 0 aromatic heterocycles. The van der Waals surface area contributed by atoms with Crippen molar-refractivity contribution >= 4 is 5.78 Å². The van der Waals surface area contributed by atoms with Gasteiger partial charge in [-0.1, -0.05) is 36.4 Å². The molecule has 1 aliphatic rings. The summed E-state index contributed by atoms with van der Waals surface area (Å²) in [4.78, 5) is 12.3. The van der Waals surface area contributed by atoms with E-state index in [-0.39, 0.29) is 5.78 Å². The van der Waals surface area contributed by atoms with Gasteiger partial charge in [0.2, 0.25) is 0 Å². The largest absolute Gasteiger partial charge is 0.289 e. The molecule has 1 nitrogen and oxygen atoms in total. The summed E-state index contributed by atoms with van der Waals surface area (Å²) in [7, 11) is 0. The van der Waals surface area contributed by atoms with E-state index in [0.717, 1.165) is 27.8 Å². The fourth-order valence-corrected chi connectivity index (χ4v) is 2.48. The molecule has 0 heterocycles. The number of aryl methyl sites for hydroxylation is 2. The first-order chi connectivity index (χ1) is 7.70. The lowest BCUT2D eigenvalue weighted by Crippen LogP contribution is -1.98. The van der Waals surface area contributed by atoms with Gasteiger partial charge in [0.05, 0.1) is 0 Å². The Morgan fingerprint density at radius 3 is 2.00 bits per heavy atom. The molecule has 0 fully saturated rings. The van der Waals surface area contributed by atoms with Crippen LogP contribution in [0.5, 0.6) is 0 Å². The zero-order chi connectivity index (χ0) is 11.3. The lowest BCUT2D eigenvalue weighted by Gasteiger charge is -2.06. The number of fused-ring (bicyclic) bond motifs is 3. The van der Waals surface area contributed by atoms with Gasteiger partial charge in [0.1, 0.15) is 0 Å². The van der Waals surface area contributed by atoms with Crippen LogP contribution < -0.4 is 0 Å². The Balaban J connectivity index is 2.47. The zero-order valence-electron chi connectivity index (χ0n) is 9.37. The van der Waals surface area contributed by atoms with E-state index >= 15 is 0 Å². The minimum Gasteiger partial charge on any atom is -0.289 e. The standard InChI is InChI=1S/C15H12O/c1-9-7-8-10(2)14-13(9)11-5-3-4-6-12(11)15(14)16/h3-8H,1-2H3. The molecule has 1 aliphatic carbocycles. The monoisotopic (exact) mass is 208 g/mol. The first kappa shape index (κ1) is 9.34. The first-order valence-electron chi connectivity index (χ1n) is 5.44. The van der Waals surface area contributed by atoms with E-state index in [2.05, 4.69) is 13.0 Å². The molecule has 16 heavy (non-hydrogen) atoms. The molecule has 0 spiro atoms. The quantitative estimate of drug-likeness (QED) is 0.552. The number of benzene rings is 2. The van der Waals surface area contributed by atoms with Gasteiger partial charge in [-0.25, -0.2) is 0 Å². The highest BCUT2D eigenvalue weighted by Crippen LogP contribution is 2.39. The van der Waals surface area contributed by atoms with Crippen LogP contribution in [0, 0.1) is 13.8 Å². The number of hydrogen-bond donors (Lipinski definition) is 0. The van der Waals surface area contributed by atoms with Gasteiger partial charge >= 0.3 is 0 Å². The number of ketones is 1. The molecule has 1 heteroatoms. The molecule has 0 saturated heterocycles. The molecule has 0 saturated carbocycles. The molecule has 0 amide bonds. The van der Waals surface area contributed by atoms with Crippen molar-refractivity contribution in [1.29, 1.82) is 0 Å². The van der Waals surface area contributed by atoms with Gasteiger partial charge in [-0.2, -0.15) is 0 Å². The van der Waals surface area contributed by atoms with Crippen LogP contribution in [0.15, 0.2) is 36.4 Å². The minimum absolute atomic E-state index is 0.173. The van der Waals surface area contributed by atoms with E-state index in [1.807, 2.05) is 37.3 Å². The zero-order valence-corrected chi connectivity index (χ0v) is 9.37. The van der Waals surface area contributed by atoms with Crippen molar-refractivity contribution in [2.45, 2.75) is 13.8 Å². The second kappa shape index (κ2) is 3.05. The second-order valence-electron chi connectivity index (χ2n) is 4.32. The number of hydrogen-bond acceptors (Lipinski definition) is 1. The van der Waals surface area contributed by atoms with Gasteiger partial charge in [0, 0.05) is 11.1 Å². The maximum Gasteiger partial charge on any atom is 0.194 e. The third-order valence-electron chi connectivity index (χ3n) is 3.29.